The summed E-state index contributed by atoms with van der Waals surface area (Å²) >= 11 is 6.89. The van der Waals surface area contributed by atoms with Crippen LogP contribution in [0.3, 0.4) is 0 Å². The predicted molar refractivity (Wildman–Crippen MR) is 77.6 cm³/mol. The number of anilines is 1. The minimum absolute atomic E-state index is 0.220. The van der Waals surface area contributed by atoms with Crippen LogP contribution >= 0.6 is 22.9 Å². The molecule has 1 aromatic heterocycles. The van der Waals surface area contributed by atoms with Crippen LogP contribution in [0.4, 0.5) is 5.13 Å². The summed E-state index contributed by atoms with van der Waals surface area (Å²) in [6.07, 6.45) is 1.45. The minimum Gasteiger partial charge on any atom is -0.426 e. The molecule has 1 amide bonds. The number of thiazole rings is 1. The number of nitrogens with one attached hydrogen (secondary N) is 1. The Hall–Kier alpha value is -1.92. The van der Waals surface area contributed by atoms with Crippen LogP contribution in [-0.2, 0) is 4.79 Å². The van der Waals surface area contributed by atoms with Gasteiger partial charge in [0, 0.05) is 6.92 Å². The quantitative estimate of drug-likeness (QED) is 0.698. The minimum atomic E-state index is -0.484. The Labute approximate surface area is 124 Å². The molecule has 1 aromatic carbocycles. The first-order chi connectivity index (χ1) is 9.45. The first kappa shape index (κ1) is 14.5. The van der Waals surface area contributed by atoms with Crippen molar-refractivity contribution in [2.45, 2.75) is 13.8 Å². The van der Waals surface area contributed by atoms with E-state index in [1.54, 1.807) is 18.2 Å². The summed E-state index contributed by atoms with van der Waals surface area (Å²) in [7, 11) is 0. The van der Waals surface area contributed by atoms with E-state index in [1.807, 2.05) is 6.92 Å². The lowest BCUT2D eigenvalue weighted by atomic mass is 10.1. The van der Waals surface area contributed by atoms with E-state index in [2.05, 4.69) is 10.3 Å². The lowest BCUT2D eigenvalue weighted by Crippen LogP contribution is -2.14. The first-order valence-corrected chi connectivity index (χ1v) is 6.87. The summed E-state index contributed by atoms with van der Waals surface area (Å²) in [5, 5.41) is 2.99. The molecule has 2 aromatic rings. The number of nitrogens with zero attached hydrogens (tertiary/aromatic N) is 1. The van der Waals surface area contributed by atoms with Crippen molar-refractivity contribution >= 4 is 39.9 Å². The molecule has 0 spiro atoms. The van der Waals surface area contributed by atoms with Crippen molar-refractivity contribution in [3.63, 3.8) is 0 Å². The highest BCUT2D eigenvalue weighted by molar-refractivity contribution is 7.19. The van der Waals surface area contributed by atoms with Gasteiger partial charge in [0.05, 0.1) is 11.8 Å². The number of rotatable bonds is 3. The topological polar surface area (TPSA) is 68.3 Å². The second-order valence-corrected chi connectivity index (χ2v) is 5.68. The Morgan fingerprint density at radius 1 is 1.40 bits per heavy atom. The Bertz CT molecular complexity index is 669. The zero-order chi connectivity index (χ0) is 14.7. The number of esters is 1. The number of benzene rings is 1. The fourth-order valence-electron chi connectivity index (χ4n) is 1.53. The molecule has 0 aliphatic heterocycles. The van der Waals surface area contributed by atoms with Crippen LogP contribution in [0.1, 0.15) is 22.8 Å². The number of hydrogen-bond acceptors (Lipinski definition) is 5. The molecule has 0 saturated heterocycles. The van der Waals surface area contributed by atoms with Crippen molar-refractivity contribution in [1.82, 2.24) is 4.98 Å². The normalized spacial score (nSPS) is 10.2. The van der Waals surface area contributed by atoms with Crippen molar-refractivity contribution in [3.05, 3.63) is 39.9 Å². The molecule has 20 heavy (non-hydrogen) atoms. The van der Waals surface area contributed by atoms with Crippen LogP contribution in [-0.4, -0.2) is 16.9 Å². The van der Waals surface area contributed by atoms with Gasteiger partial charge in [0.25, 0.3) is 5.91 Å². The highest BCUT2D eigenvalue weighted by atomic mass is 35.5. The van der Waals surface area contributed by atoms with Gasteiger partial charge in [0.1, 0.15) is 10.1 Å². The van der Waals surface area contributed by atoms with E-state index in [4.69, 9.17) is 16.3 Å². The number of carbonyl (C=O) groups is 2. The fraction of sp³-hybridized carbons (Fsp3) is 0.154. The molecule has 2 rings (SSSR count). The van der Waals surface area contributed by atoms with E-state index in [0.29, 0.717) is 9.47 Å². The van der Waals surface area contributed by atoms with Crippen LogP contribution in [0.25, 0.3) is 0 Å². The van der Waals surface area contributed by atoms with Crippen molar-refractivity contribution in [3.8, 4) is 5.75 Å². The molecule has 1 N–H and O–H groups in total. The fourth-order valence-corrected chi connectivity index (χ4v) is 2.34. The summed E-state index contributed by atoms with van der Waals surface area (Å²) in [6, 6.07) is 4.99. The maximum Gasteiger partial charge on any atom is 0.308 e. The standard InChI is InChI=1S/C13H11ClN2O3S/c1-7-3-4-9(10(5-7)19-8(2)17)12(18)16-13-15-6-11(14)20-13/h3-6H,1-2H3,(H,15,16,18). The largest absolute Gasteiger partial charge is 0.426 e. The molecule has 0 fully saturated rings. The summed E-state index contributed by atoms with van der Waals surface area (Å²) in [5.74, 6) is -0.674. The molecule has 0 atom stereocenters. The van der Waals surface area contributed by atoms with Gasteiger partial charge in [-0.3, -0.25) is 14.9 Å². The number of hydrogen-bond donors (Lipinski definition) is 1. The molecule has 5 nitrogen and oxygen atoms in total. The highest BCUT2D eigenvalue weighted by Crippen LogP contribution is 2.25. The Morgan fingerprint density at radius 2 is 2.15 bits per heavy atom. The van der Waals surface area contributed by atoms with Gasteiger partial charge in [-0.25, -0.2) is 4.98 Å². The van der Waals surface area contributed by atoms with Gasteiger partial charge >= 0.3 is 5.97 Å². The van der Waals surface area contributed by atoms with Gasteiger partial charge in [0.2, 0.25) is 0 Å². The molecule has 7 heteroatoms. The summed E-state index contributed by atoms with van der Waals surface area (Å²) in [4.78, 5) is 27.2. The zero-order valence-electron chi connectivity index (χ0n) is 10.8. The molecule has 0 saturated carbocycles. The van der Waals surface area contributed by atoms with Crippen molar-refractivity contribution in [1.29, 1.82) is 0 Å². The number of aromatic nitrogens is 1. The maximum absolute atomic E-state index is 12.2. The van der Waals surface area contributed by atoms with Crippen LogP contribution in [0.15, 0.2) is 24.4 Å². The van der Waals surface area contributed by atoms with Crippen LogP contribution < -0.4 is 10.1 Å². The number of ether oxygens (including phenoxy) is 1. The van der Waals surface area contributed by atoms with Crippen LogP contribution in [0.5, 0.6) is 5.75 Å². The Morgan fingerprint density at radius 3 is 2.75 bits per heavy atom. The van der Waals surface area contributed by atoms with Gasteiger partial charge < -0.3 is 4.74 Å². The molecule has 0 aliphatic carbocycles. The van der Waals surface area contributed by atoms with E-state index in [0.717, 1.165) is 16.9 Å². The molecule has 0 unspecified atom stereocenters. The molecular formula is C13H11ClN2O3S. The number of carbonyl (C=O) groups excluding carboxylic acids is 2. The van der Waals surface area contributed by atoms with Crippen molar-refractivity contribution in [2.24, 2.45) is 0 Å². The predicted octanol–water partition coefficient (Wildman–Crippen LogP) is 3.28. The van der Waals surface area contributed by atoms with E-state index in [9.17, 15) is 9.59 Å². The maximum atomic E-state index is 12.2. The highest BCUT2D eigenvalue weighted by Gasteiger charge is 2.15. The zero-order valence-corrected chi connectivity index (χ0v) is 12.3. The summed E-state index contributed by atoms with van der Waals surface area (Å²) in [5.41, 5.74) is 1.15. The average Bonchev–Trinajstić information content (AvgIpc) is 2.73. The summed E-state index contributed by atoms with van der Waals surface area (Å²) < 4.78 is 5.52. The third-order valence-electron chi connectivity index (χ3n) is 2.33. The molecule has 104 valence electrons. The van der Waals surface area contributed by atoms with E-state index in [1.165, 1.54) is 13.1 Å². The summed E-state index contributed by atoms with van der Waals surface area (Å²) in [6.45, 7) is 3.12. The number of halogens is 1. The van der Waals surface area contributed by atoms with Gasteiger partial charge in [-0.2, -0.15) is 0 Å². The van der Waals surface area contributed by atoms with Crippen molar-refractivity contribution < 1.29 is 14.3 Å². The van der Waals surface area contributed by atoms with E-state index >= 15 is 0 Å². The average molecular weight is 311 g/mol. The van der Waals surface area contributed by atoms with Crippen LogP contribution in [0, 0.1) is 6.92 Å². The van der Waals surface area contributed by atoms with Gasteiger partial charge in [-0.1, -0.05) is 29.0 Å². The third kappa shape index (κ3) is 3.55. The first-order valence-electron chi connectivity index (χ1n) is 5.67. The smallest absolute Gasteiger partial charge is 0.308 e. The van der Waals surface area contributed by atoms with Gasteiger partial charge in [-0.05, 0) is 24.6 Å². The van der Waals surface area contributed by atoms with Gasteiger partial charge in [0.15, 0.2) is 5.13 Å². The second kappa shape index (κ2) is 6.02. The second-order valence-electron chi connectivity index (χ2n) is 4.02. The number of aryl methyl sites for hydroxylation is 1. The lowest BCUT2D eigenvalue weighted by Gasteiger charge is -2.09. The van der Waals surface area contributed by atoms with E-state index in [-0.39, 0.29) is 11.3 Å². The molecule has 0 bridgehead atoms. The SMILES string of the molecule is CC(=O)Oc1cc(C)ccc1C(=O)Nc1ncc(Cl)s1. The Kier molecular flexibility index (Phi) is 4.36. The van der Waals surface area contributed by atoms with Crippen molar-refractivity contribution in [2.75, 3.05) is 5.32 Å². The molecule has 0 aliphatic rings. The monoisotopic (exact) mass is 310 g/mol. The molecular weight excluding hydrogens is 300 g/mol. The molecule has 0 radical (unpaired) electrons. The lowest BCUT2D eigenvalue weighted by molar-refractivity contribution is -0.131. The van der Waals surface area contributed by atoms with Crippen LogP contribution in [0.2, 0.25) is 4.34 Å². The van der Waals surface area contributed by atoms with E-state index < -0.39 is 11.9 Å². The molecule has 1 heterocycles. The Balaban J connectivity index is 2.26. The third-order valence-corrected chi connectivity index (χ3v) is 3.36. The number of amides is 1. The van der Waals surface area contributed by atoms with Gasteiger partial charge in [-0.15, -0.1) is 0 Å².